The predicted molar refractivity (Wildman–Crippen MR) is 82.8 cm³/mol. The normalized spacial score (nSPS) is 10.7. The molecule has 0 aliphatic heterocycles. The Labute approximate surface area is 133 Å². The number of nitrogens with zero attached hydrogens (tertiary/aromatic N) is 2. The minimum absolute atomic E-state index is 0.0905. The van der Waals surface area contributed by atoms with Gasteiger partial charge in [0.25, 0.3) is 0 Å². The minimum atomic E-state index is -0.0905. The first-order valence-corrected chi connectivity index (χ1v) is 7.72. The first kappa shape index (κ1) is 14.8. The van der Waals surface area contributed by atoms with Gasteiger partial charge < -0.3 is 0 Å². The number of carbonyl (C=O) groups is 1. The summed E-state index contributed by atoms with van der Waals surface area (Å²) >= 11 is 12.7. The van der Waals surface area contributed by atoms with Gasteiger partial charge in [-0.1, -0.05) is 18.5 Å². The van der Waals surface area contributed by atoms with Crippen LogP contribution in [0.2, 0.25) is 5.02 Å². The number of ketones is 1. The van der Waals surface area contributed by atoms with Gasteiger partial charge in [-0.05, 0) is 56.5 Å². The van der Waals surface area contributed by atoms with E-state index in [-0.39, 0.29) is 5.78 Å². The highest BCUT2D eigenvalue weighted by atomic mass is 79.9. The smallest absolute Gasteiger partial charge is 0.212 e. The summed E-state index contributed by atoms with van der Waals surface area (Å²) in [6, 6.07) is 5.17. The molecule has 0 bridgehead atoms. The molecule has 0 atom stereocenters. The first-order valence-electron chi connectivity index (χ1n) is 5.75. The predicted octanol–water partition coefficient (Wildman–Crippen LogP) is 4.70. The Hall–Kier alpha value is -0.650. The highest BCUT2D eigenvalue weighted by molar-refractivity contribution is 9.10. The van der Waals surface area contributed by atoms with Crippen molar-refractivity contribution in [1.82, 2.24) is 9.78 Å². The number of hydrogen-bond donors (Lipinski definition) is 0. The number of carbonyl (C=O) groups excluding carboxylic acids is 1. The largest absolute Gasteiger partial charge is 0.287 e. The monoisotopic (exact) mass is 404 g/mol. The molecular weight excluding hydrogens is 395 g/mol. The van der Waals surface area contributed by atoms with E-state index in [1.54, 1.807) is 29.1 Å². The van der Waals surface area contributed by atoms with E-state index in [1.165, 1.54) is 0 Å². The van der Waals surface area contributed by atoms with Crippen LogP contribution in [0, 0.1) is 0 Å². The van der Waals surface area contributed by atoms with Gasteiger partial charge >= 0.3 is 0 Å². The molecule has 3 nitrogen and oxygen atoms in total. The van der Waals surface area contributed by atoms with Gasteiger partial charge in [-0.3, -0.25) is 9.48 Å². The molecule has 0 amide bonds. The van der Waals surface area contributed by atoms with Crippen molar-refractivity contribution in [1.29, 1.82) is 0 Å². The number of rotatable bonds is 4. The molecule has 1 heterocycles. The zero-order valence-electron chi connectivity index (χ0n) is 10.2. The van der Waals surface area contributed by atoms with Crippen LogP contribution in [-0.2, 0) is 6.54 Å². The van der Waals surface area contributed by atoms with Gasteiger partial charge in [-0.15, -0.1) is 0 Å². The molecule has 0 spiro atoms. The molecule has 1 aromatic heterocycles. The number of aryl methyl sites for hydroxylation is 1. The van der Waals surface area contributed by atoms with E-state index in [9.17, 15) is 4.79 Å². The maximum absolute atomic E-state index is 12.5. The van der Waals surface area contributed by atoms with E-state index in [0.29, 0.717) is 27.3 Å². The van der Waals surface area contributed by atoms with E-state index in [1.807, 2.05) is 6.92 Å². The van der Waals surface area contributed by atoms with E-state index >= 15 is 0 Å². The number of halogens is 3. The second kappa shape index (κ2) is 6.20. The van der Waals surface area contributed by atoms with Crippen molar-refractivity contribution in [3.05, 3.63) is 49.6 Å². The third-order valence-corrected chi connectivity index (χ3v) is 4.44. The van der Waals surface area contributed by atoms with Crippen molar-refractivity contribution in [3.63, 3.8) is 0 Å². The molecule has 0 unspecified atom stereocenters. The van der Waals surface area contributed by atoms with Crippen molar-refractivity contribution in [3.8, 4) is 0 Å². The van der Waals surface area contributed by atoms with E-state index in [0.717, 1.165) is 10.9 Å². The summed E-state index contributed by atoms with van der Waals surface area (Å²) in [5.41, 5.74) is 1.10. The van der Waals surface area contributed by atoms with Crippen molar-refractivity contribution in [2.24, 2.45) is 0 Å². The fraction of sp³-hybridized carbons (Fsp3) is 0.231. The van der Waals surface area contributed by atoms with Crippen molar-refractivity contribution >= 4 is 49.2 Å². The summed E-state index contributed by atoms with van der Waals surface area (Å²) in [6.07, 6.45) is 2.55. The molecule has 100 valence electrons. The molecule has 0 fully saturated rings. The van der Waals surface area contributed by atoms with Crippen LogP contribution < -0.4 is 0 Å². The molecule has 0 N–H and O–H groups in total. The Balaban J connectivity index is 2.43. The average Bonchev–Trinajstić information content (AvgIpc) is 2.74. The molecular formula is C13H11Br2ClN2O. The SMILES string of the molecule is CCCn1ncc(Br)c1C(=O)c1ccc(Br)c(Cl)c1. The maximum Gasteiger partial charge on any atom is 0.212 e. The molecule has 1 aromatic carbocycles. The van der Waals surface area contributed by atoms with Gasteiger partial charge in [0.1, 0.15) is 5.69 Å². The molecule has 6 heteroatoms. The topological polar surface area (TPSA) is 34.9 Å². The van der Waals surface area contributed by atoms with Crippen LogP contribution in [0.4, 0.5) is 0 Å². The maximum atomic E-state index is 12.5. The minimum Gasteiger partial charge on any atom is -0.287 e. The van der Waals surface area contributed by atoms with Gasteiger partial charge in [0.2, 0.25) is 5.78 Å². The zero-order chi connectivity index (χ0) is 14.0. The lowest BCUT2D eigenvalue weighted by Crippen LogP contribution is -2.12. The van der Waals surface area contributed by atoms with Crippen LogP contribution in [0.3, 0.4) is 0 Å². The van der Waals surface area contributed by atoms with Crippen LogP contribution in [0.5, 0.6) is 0 Å². The van der Waals surface area contributed by atoms with Crippen LogP contribution >= 0.6 is 43.5 Å². The summed E-state index contributed by atoms with van der Waals surface area (Å²) in [5, 5.41) is 4.72. The molecule has 2 aromatic rings. The Morgan fingerprint density at radius 3 is 2.74 bits per heavy atom. The summed E-state index contributed by atoms with van der Waals surface area (Å²) in [6.45, 7) is 2.75. The standard InChI is InChI=1S/C13H11Br2ClN2O/c1-2-5-18-12(10(15)7-17-18)13(19)8-3-4-9(14)11(16)6-8/h3-4,6-7H,2,5H2,1H3. The fourth-order valence-electron chi connectivity index (χ4n) is 1.74. The van der Waals surface area contributed by atoms with Crippen molar-refractivity contribution < 1.29 is 4.79 Å². The highest BCUT2D eigenvalue weighted by Gasteiger charge is 2.19. The van der Waals surface area contributed by atoms with Crippen LogP contribution in [-0.4, -0.2) is 15.6 Å². The molecule has 0 radical (unpaired) electrons. The zero-order valence-corrected chi connectivity index (χ0v) is 14.1. The van der Waals surface area contributed by atoms with Gasteiger partial charge in [-0.2, -0.15) is 5.10 Å². The first-order chi connectivity index (χ1) is 9.04. The number of aromatic nitrogens is 2. The van der Waals surface area contributed by atoms with Gasteiger partial charge in [0.05, 0.1) is 15.7 Å². The molecule has 2 rings (SSSR count). The number of hydrogen-bond acceptors (Lipinski definition) is 2. The van der Waals surface area contributed by atoms with Gasteiger partial charge in [-0.25, -0.2) is 0 Å². The Kier molecular flexibility index (Phi) is 4.81. The molecule has 0 aliphatic carbocycles. The lowest BCUT2D eigenvalue weighted by molar-refractivity contribution is 0.102. The van der Waals surface area contributed by atoms with E-state index in [2.05, 4.69) is 37.0 Å². The van der Waals surface area contributed by atoms with Gasteiger partial charge in [0, 0.05) is 16.6 Å². The molecule has 0 aliphatic rings. The van der Waals surface area contributed by atoms with E-state index < -0.39 is 0 Å². The van der Waals surface area contributed by atoms with Crippen LogP contribution in [0.25, 0.3) is 0 Å². The number of benzene rings is 1. The van der Waals surface area contributed by atoms with Crippen LogP contribution in [0.1, 0.15) is 29.4 Å². The molecule has 19 heavy (non-hydrogen) atoms. The van der Waals surface area contributed by atoms with Crippen molar-refractivity contribution in [2.45, 2.75) is 19.9 Å². The third-order valence-electron chi connectivity index (χ3n) is 2.63. The third kappa shape index (κ3) is 3.09. The summed E-state index contributed by atoms with van der Waals surface area (Å²) < 4.78 is 3.18. The molecule has 0 saturated carbocycles. The second-order valence-corrected chi connectivity index (χ2v) is 6.14. The fourth-order valence-corrected chi connectivity index (χ4v) is 2.65. The lowest BCUT2D eigenvalue weighted by atomic mass is 10.1. The molecule has 0 saturated heterocycles. The quantitative estimate of drug-likeness (QED) is 0.690. The van der Waals surface area contributed by atoms with E-state index in [4.69, 9.17) is 11.6 Å². The average molecular weight is 407 g/mol. The summed E-state index contributed by atoms with van der Waals surface area (Å²) in [7, 11) is 0. The Morgan fingerprint density at radius 1 is 1.37 bits per heavy atom. The van der Waals surface area contributed by atoms with Gasteiger partial charge in [0.15, 0.2) is 0 Å². The Morgan fingerprint density at radius 2 is 2.11 bits per heavy atom. The summed E-state index contributed by atoms with van der Waals surface area (Å²) in [4.78, 5) is 12.5. The lowest BCUT2D eigenvalue weighted by Gasteiger charge is -2.07. The Bertz CT molecular complexity index is 625. The second-order valence-electron chi connectivity index (χ2n) is 4.02. The van der Waals surface area contributed by atoms with Crippen LogP contribution in [0.15, 0.2) is 33.3 Å². The highest BCUT2D eigenvalue weighted by Crippen LogP contribution is 2.26. The van der Waals surface area contributed by atoms with Crippen molar-refractivity contribution in [2.75, 3.05) is 0 Å². The summed E-state index contributed by atoms with van der Waals surface area (Å²) in [5.74, 6) is -0.0905.